The molecule has 1 N–H and O–H groups in total. The van der Waals surface area contributed by atoms with Gasteiger partial charge in [-0.2, -0.15) is 0 Å². The number of benzene rings is 2. The first-order chi connectivity index (χ1) is 14.1. The van der Waals surface area contributed by atoms with E-state index in [0.717, 1.165) is 25.1 Å². The summed E-state index contributed by atoms with van der Waals surface area (Å²) in [7, 11) is 4.73. The molecule has 0 bridgehead atoms. The smallest absolute Gasteiger partial charge is 0.259 e. The standard InChI is InChI=1S/C22H24N2O4S/c1-26-17-10-14(11-18(27-2)20(17)28-3)12-19-21(25)23-22(29-19)24-9-8-15-6-4-5-7-16(15)13-24/h4-7,10-12,22H,8-9,13H2,1-3H3,(H,23,25)/b19-12-/t22-/m1/s1. The van der Waals surface area contributed by atoms with Crippen molar-refractivity contribution in [1.82, 2.24) is 10.2 Å². The van der Waals surface area contributed by atoms with E-state index in [0.29, 0.717) is 22.2 Å². The molecular weight excluding hydrogens is 388 g/mol. The maximum atomic E-state index is 12.6. The lowest BCUT2D eigenvalue weighted by atomic mass is 10.0. The second kappa shape index (κ2) is 8.39. The summed E-state index contributed by atoms with van der Waals surface area (Å²) in [4.78, 5) is 15.6. The van der Waals surface area contributed by atoms with Crippen molar-refractivity contribution in [3.05, 3.63) is 58.0 Å². The van der Waals surface area contributed by atoms with Crippen LogP contribution in [0.3, 0.4) is 0 Å². The fraction of sp³-hybridized carbons (Fsp3) is 0.318. The van der Waals surface area contributed by atoms with Crippen LogP contribution in [0.15, 0.2) is 41.3 Å². The third-order valence-electron chi connectivity index (χ3n) is 5.19. The molecule has 1 fully saturated rings. The second-order valence-corrected chi connectivity index (χ2v) is 8.02. The van der Waals surface area contributed by atoms with Crippen molar-refractivity contribution in [2.45, 2.75) is 18.5 Å². The minimum absolute atomic E-state index is 0.0624. The number of amides is 1. The van der Waals surface area contributed by atoms with Gasteiger partial charge in [-0.3, -0.25) is 9.69 Å². The summed E-state index contributed by atoms with van der Waals surface area (Å²) in [6.45, 7) is 1.76. The number of carbonyl (C=O) groups is 1. The topological polar surface area (TPSA) is 60.0 Å². The van der Waals surface area contributed by atoms with E-state index in [1.807, 2.05) is 18.2 Å². The summed E-state index contributed by atoms with van der Waals surface area (Å²) in [6.07, 6.45) is 2.86. The Labute approximate surface area is 174 Å². The fourth-order valence-electron chi connectivity index (χ4n) is 3.71. The minimum atomic E-state index is -0.0656. The molecule has 1 atom stereocenters. The van der Waals surface area contributed by atoms with Gasteiger partial charge >= 0.3 is 0 Å². The van der Waals surface area contributed by atoms with E-state index in [4.69, 9.17) is 14.2 Å². The molecule has 2 aliphatic rings. The van der Waals surface area contributed by atoms with Crippen molar-refractivity contribution in [1.29, 1.82) is 0 Å². The summed E-state index contributed by atoms with van der Waals surface area (Å²) in [5, 5.41) is 3.10. The zero-order chi connectivity index (χ0) is 20.4. The van der Waals surface area contributed by atoms with Crippen LogP contribution >= 0.6 is 11.8 Å². The monoisotopic (exact) mass is 412 g/mol. The third-order valence-corrected chi connectivity index (χ3v) is 6.39. The molecule has 1 saturated heterocycles. The van der Waals surface area contributed by atoms with Crippen LogP contribution in [-0.2, 0) is 17.8 Å². The van der Waals surface area contributed by atoms with Gasteiger partial charge in [0.25, 0.3) is 5.91 Å². The molecule has 152 valence electrons. The van der Waals surface area contributed by atoms with Gasteiger partial charge in [-0.05, 0) is 41.3 Å². The molecule has 0 saturated carbocycles. The number of hydrogen-bond donors (Lipinski definition) is 1. The number of fused-ring (bicyclic) bond motifs is 1. The largest absolute Gasteiger partial charge is 0.493 e. The van der Waals surface area contributed by atoms with E-state index in [9.17, 15) is 4.79 Å². The second-order valence-electron chi connectivity index (χ2n) is 6.90. The Balaban J connectivity index is 1.55. The Bertz CT molecular complexity index is 935. The average Bonchev–Trinajstić information content (AvgIpc) is 3.12. The Morgan fingerprint density at radius 1 is 1.07 bits per heavy atom. The fourth-order valence-corrected chi connectivity index (χ4v) is 4.81. The van der Waals surface area contributed by atoms with Crippen LogP contribution in [0.25, 0.3) is 6.08 Å². The molecule has 0 aliphatic carbocycles. The van der Waals surface area contributed by atoms with Crippen LogP contribution in [0.2, 0.25) is 0 Å². The number of rotatable bonds is 5. The maximum Gasteiger partial charge on any atom is 0.259 e. The highest BCUT2D eigenvalue weighted by Gasteiger charge is 2.33. The lowest BCUT2D eigenvalue weighted by Gasteiger charge is -2.32. The summed E-state index contributed by atoms with van der Waals surface area (Å²) >= 11 is 1.55. The van der Waals surface area contributed by atoms with Crippen molar-refractivity contribution in [3.63, 3.8) is 0 Å². The molecule has 2 aromatic rings. The van der Waals surface area contributed by atoms with Gasteiger partial charge in [-0.15, -0.1) is 0 Å². The van der Waals surface area contributed by atoms with E-state index < -0.39 is 0 Å². The van der Waals surface area contributed by atoms with Gasteiger partial charge in [0.2, 0.25) is 5.75 Å². The Kier molecular flexibility index (Phi) is 5.69. The summed E-state index contributed by atoms with van der Waals surface area (Å²) in [5.41, 5.74) is 3.48. The molecule has 0 spiro atoms. The number of methoxy groups -OCH3 is 3. The molecule has 1 amide bonds. The van der Waals surface area contributed by atoms with Crippen LogP contribution in [0.1, 0.15) is 16.7 Å². The van der Waals surface area contributed by atoms with Crippen LogP contribution in [0.5, 0.6) is 17.2 Å². The predicted octanol–water partition coefficient (Wildman–Crippen LogP) is 3.26. The van der Waals surface area contributed by atoms with Gasteiger partial charge in [0.1, 0.15) is 5.50 Å². The molecule has 0 unspecified atom stereocenters. The van der Waals surface area contributed by atoms with E-state index in [1.54, 1.807) is 33.1 Å². The van der Waals surface area contributed by atoms with Crippen LogP contribution in [0, 0.1) is 0 Å². The van der Waals surface area contributed by atoms with Gasteiger partial charge in [0.15, 0.2) is 11.5 Å². The molecule has 2 heterocycles. The van der Waals surface area contributed by atoms with Crippen molar-refractivity contribution in [2.24, 2.45) is 0 Å². The summed E-state index contributed by atoms with van der Waals surface area (Å²) < 4.78 is 16.2. The molecule has 2 aliphatic heterocycles. The van der Waals surface area contributed by atoms with Gasteiger partial charge in [-0.1, -0.05) is 36.0 Å². The third kappa shape index (κ3) is 3.93. The molecule has 0 aromatic heterocycles. The highest BCUT2D eigenvalue weighted by atomic mass is 32.2. The number of hydrogen-bond acceptors (Lipinski definition) is 6. The zero-order valence-electron chi connectivity index (χ0n) is 16.7. The van der Waals surface area contributed by atoms with E-state index in [2.05, 4.69) is 34.5 Å². The lowest BCUT2D eigenvalue weighted by molar-refractivity contribution is -0.117. The molecule has 0 radical (unpaired) electrons. The first-order valence-corrected chi connectivity index (χ1v) is 10.3. The van der Waals surface area contributed by atoms with Crippen LogP contribution < -0.4 is 19.5 Å². The number of ether oxygens (including phenoxy) is 3. The van der Waals surface area contributed by atoms with Gasteiger partial charge < -0.3 is 19.5 Å². The van der Waals surface area contributed by atoms with E-state index in [-0.39, 0.29) is 11.4 Å². The summed E-state index contributed by atoms with van der Waals surface area (Å²) in [5.74, 6) is 1.59. The Morgan fingerprint density at radius 3 is 2.41 bits per heavy atom. The number of carbonyl (C=O) groups excluding carboxylic acids is 1. The first kappa shape index (κ1) is 19.7. The van der Waals surface area contributed by atoms with Gasteiger partial charge in [0.05, 0.1) is 26.2 Å². The lowest BCUT2D eigenvalue weighted by Crippen LogP contribution is -2.44. The number of nitrogens with zero attached hydrogens (tertiary/aromatic N) is 1. The quantitative estimate of drug-likeness (QED) is 0.761. The van der Waals surface area contributed by atoms with E-state index in [1.165, 1.54) is 11.1 Å². The van der Waals surface area contributed by atoms with Crippen LogP contribution in [-0.4, -0.2) is 44.2 Å². The van der Waals surface area contributed by atoms with Crippen molar-refractivity contribution in [2.75, 3.05) is 27.9 Å². The first-order valence-electron chi connectivity index (χ1n) is 9.43. The molecular formula is C22H24N2O4S. The summed E-state index contributed by atoms with van der Waals surface area (Å²) in [6, 6.07) is 12.2. The van der Waals surface area contributed by atoms with Gasteiger partial charge in [0, 0.05) is 13.1 Å². The molecule has 4 rings (SSSR count). The van der Waals surface area contributed by atoms with E-state index >= 15 is 0 Å². The Morgan fingerprint density at radius 2 is 1.76 bits per heavy atom. The normalized spacial score (nSPS) is 20.3. The van der Waals surface area contributed by atoms with Gasteiger partial charge in [-0.25, -0.2) is 0 Å². The maximum absolute atomic E-state index is 12.6. The Hall–Kier alpha value is -2.64. The van der Waals surface area contributed by atoms with Crippen molar-refractivity contribution >= 4 is 23.7 Å². The van der Waals surface area contributed by atoms with Crippen LogP contribution in [0.4, 0.5) is 0 Å². The van der Waals surface area contributed by atoms with Crippen molar-refractivity contribution < 1.29 is 19.0 Å². The molecule has 29 heavy (non-hydrogen) atoms. The van der Waals surface area contributed by atoms with Crippen molar-refractivity contribution in [3.8, 4) is 17.2 Å². The molecule has 6 nitrogen and oxygen atoms in total. The number of nitrogens with one attached hydrogen (secondary N) is 1. The highest BCUT2D eigenvalue weighted by molar-refractivity contribution is 8.05. The molecule has 2 aromatic carbocycles. The zero-order valence-corrected chi connectivity index (χ0v) is 17.5. The predicted molar refractivity (Wildman–Crippen MR) is 114 cm³/mol. The highest BCUT2D eigenvalue weighted by Crippen LogP contribution is 2.40. The molecule has 7 heteroatoms. The minimum Gasteiger partial charge on any atom is -0.493 e. The average molecular weight is 413 g/mol. The number of thioether (sulfide) groups is 1. The SMILES string of the molecule is COc1cc(/C=C2\S[C@@H](N3CCc4ccccc4C3)NC2=O)cc(OC)c1OC.